The van der Waals surface area contributed by atoms with Crippen LogP contribution in [0.15, 0.2) is 0 Å². The number of rotatable bonds is 7. The second-order valence-electron chi connectivity index (χ2n) is 3.35. The van der Waals surface area contributed by atoms with Crippen molar-refractivity contribution in [2.75, 3.05) is 0 Å². The molecule has 1 atom stereocenters. The Hall–Kier alpha value is -0.240. The molecule has 0 aliphatic carbocycles. The fourth-order valence-electron chi connectivity index (χ4n) is 1.37. The lowest BCUT2D eigenvalue weighted by Gasteiger charge is -2.09. The van der Waals surface area contributed by atoms with Crippen LogP contribution in [0, 0.1) is 5.92 Å². The summed E-state index contributed by atoms with van der Waals surface area (Å²) < 4.78 is 4.19. The second-order valence-corrected chi connectivity index (χ2v) is 3.50. The molecule has 0 saturated heterocycles. The molecule has 0 amide bonds. The number of carbonyl (C=O) groups is 1. The highest BCUT2D eigenvalue weighted by Gasteiger charge is 2.16. The van der Waals surface area contributed by atoms with Gasteiger partial charge in [0, 0.05) is 0 Å². The number of halogens is 1. The minimum atomic E-state index is -0.277. The first kappa shape index (κ1) is 12.8. The van der Waals surface area contributed by atoms with Crippen LogP contribution in [0.5, 0.6) is 0 Å². The summed E-state index contributed by atoms with van der Waals surface area (Å²) in [6.45, 7) is 4.16. The minimum absolute atomic E-state index is 0.00523. The van der Waals surface area contributed by atoms with E-state index >= 15 is 0 Å². The SMILES string of the molecule is CCCCCCC(CC)C(=O)OCl. The lowest BCUT2D eigenvalue weighted by Crippen LogP contribution is -2.13. The first-order chi connectivity index (χ1) is 6.26. The van der Waals surface area contributed by atoms with Gasteiger partial charge in [0.05, 0.1) is 5.92 Å². The van der Waals surface area contributed by atoms with Gasteiger partial charge in [-0.1, -0.05) is 39.5 Å². The van der Waals surface area contributed by atoms with E-state index < -0.39 is 0 Å². The molecule has 0 saturated carbocycles. The molecule has 0 aromatic heterocycles. The van der Waals surface area contributed by atoms with Crippen molar-refractivity contribution in [2.24, 2.45) is 5.92 Å². The fourth-order valence-corrected chi connectivity index (χ4v) is 1.50. The Morgan fingerprint density at radius 2 is 2.00 bits per heavy atom. The topological polar surface area (TPSA) is 26.3 Å². The number of unbranched alkanes of at least 4 members (excludes halogenated alkanes) is 3. The van der Waals surface area contributed by atoms with Gasteiger partial charge >= 0.3 is 5.97 Å². The van der Waals surface area contributed by atoms with E-state index in [-0.39, 0.29) is 11.9 Å². The molecule has 0 rings (SSSR count). The Bertz CT molecular complexity index is 137. The second kappa shape index (κ2) is 8.36. The highest BCUT2D eigenvalue weighted by atomic mass is 35.5. The highest BCUT2D eigenvalue weighted by molar-refractivity contribution is 6.13. The average Bonchev–Trinajstić information content (AvgIpc) is 2.17. The summed E-state index contributed by atoms with van der Waals surface area (Å²) in [7, 11) is 0. The zero-order valence-corrected chi connectivity index (χ0v) is 9.27. The number of hydrogen-bond donors (Lipinski definition) is 0. The van der Waals surface area contributed by atoms with Crippen molar-refractivity contribution >= 4 is 17.8 Å². The van der Waals surface area contributed by atoms with Crippen molar-refractivity contribution in [1.82, 2.24) is 0 Å². The molecule has 0 spiro atoms. The molecule has 3 heteroatoms. The van der Waals surface area contributed by atoms with Crippen LogP contribution in [0.25, 0.3) is 0 Å². The molecule has 13 heavy (non-hydrogen) atoms. The molecule has 0 aromatic carbocycles. The zero-order chi connectivity index (χ0) is 10.1. The van der Waals surface area contributed by atoms with E-state index in [4.69, 9.17) is 11.9 Å². The lowest BCUT2D eigenvalue weighted by molar-refractivity contribution is -0.138. The summed E-state index contributed by atoms with van der Waals surface area (Å²) in [5.74, 6) is -0.282. The monoisotopic (exact) mass is 206 g/mol. The van der Waals surface area contributed by atoms with E-state index in [1.54, 1.807) is 0 Å². The Labute approximate surface area is 85.8 Å². The molecule has 0 N–H and O–H groups in total. The summed E-state index contributed by atoms with van der Waals surface area (Å²) in [6.07, 6.45) is 6.48. The molecule has 78 valence electrons. The van der Waals surface area contributed by atoms with Crippen LogP contribution in [0.2, 0.25) is 0 Å². The van der Waals surface area contributed by atoms with Crippen LogP contribution in [-0.4, -0.2) is 5.97 Å². The van der Waals surface area contributed by atoms with E-state index in [9.17, 15) is 4.79 Å². The third-order valence-corrected chi connectivity index (χ3v) is 2.46. The summed E-state index contributed by atoms with van der Waals surface area (Å²) in [5, 5.41) is 0. The van der Waals surface area contributed by atoms with Gasteiger partial charge in [-0.3, -0.25) is 4.79 Å². The van der Waals surface area contributed by atoms with Gasteiger partial charge in [0.15, 0.2) is 0 Å². The van der Waals surface area contributed by atoms with E-state index in [0.29, 0.717) is 0 Å². The highest BCUT2D eigenvalue weighted by Crippen LogP contribution is 2.16. The van der Waals surface area contributed by atoms with E-state index in [1.165, 1.54) is 19.3 Å². The van der Waals surface area contributed by atoms with Gasteiger partial charge < -0.3 is 4.29 Å². The Morgan fingerprint density at radius 3 is 2.46 bits per heavy atom. The Balaban J connectivity index is 3.53. The van der Waals surface area contributed by atoms with Crippen LogP contribution in [0.1, 0.15) is 52.4 Å². The normalized spacial score (nSPS) is 12.5. The summed E-state index contributed by atoms with van der Waals surface area (Å²) >= 11 is 5.02. The molecule has 0 aromatic rings. The van der Waals surface area contributed by atoms with Gasteiger partial charge in [-0.25, -0.2) is 0 Å². The molecular formula is C10H19ClO2. The lowest BCUT2D eigenvalue weighted by atomic mass is 9.99. The molecule has 0 aliphatic rings. The van der Waals surface area contributed by atoms with Crippen molar-refractivity contribution < 1.29 is 9.08 Å². The molecule has 0 bridgehead atoms. The van der Waals surface area contributed by atoms with Crippen molar-refractivity contribution in [2.45, 2.75) is 52.4 Å². The van der Waals surface area contributed by atoms with Crippen LogP contribution in [0.4, 0.5) is 0 Å². The molecule has 0 heterocycles. The maximum Gasteiger partial charge on any atom is 0.327 e. The first-order valence-corrected chi connectivity index (χ1v) is 5.39. The van der Waals surface area contributed by atoms with E-state index in [2.05, 4.69) is 11.2 Å². The zero-order valence-electron chi connectivity index (χ0n) is 8.51. The standard InChI is InChI=1S/C10H19ClO2/c1-3-5-6-7-8-9(4-2)10(12)13-11/h9H,3-8H2,1-2H3. The van der Waals surface area contributed by atoms with Crippen molar-refractivity contribution in [3.63, 3.8) is 0 Å². The Morgan fingerprint density at radius 1 is 1.31 bits per heavy atom. The third kappa shape index (κ3) is 5.92. The maximum absolute atomic E-state index is 11.1. The van der Waals surface area contributed by atoms with Crippen molar-refractivity contribution in [3.8, 4) is 0 Å². The number of hydrogen-bond acceptors (Lipinski definition) is 2. The van der Waals surface area contributed by atoms with Gasteiger partial charge in [-0.15, -0.1) is 0 Å². The van der Waals surface area contributed by atoms with E-state index in [1.807, 2.05) is 6.92 Å². The first-order valence-electron chi connectivity index (χ1n) is 5.08. The van der Waals surface area contributed by atoms with Crippen LogP contribution >= 0.6 is 11.9 Å². The predicted octanol–water partition coefficient (Wildman–Crippen LogP) is 3.68. The Kier molecular flexibility index (Phi) is 8.21. The summed E-state index contributed by atoms with van der Waals surface area (Å²) in [6, 6.07) is 0. The summed E-state index contributed by atoms with van der Waals surface area (Å²) in [4.78, 5) is 11.1. The minimum Gasteiger partial charge on any atom is -0.347 e. The quantitative estimate of drug-likeness (QED) is 0.594. The molecule has 0 fully saturated rings. The maximum atomic E-state index is 11.1. The van der Waals surface area contributed by atoms with Gasteiger partial charge in [0.1, 0.15) is 11.9 Å². The van der Waals surface area contributed by atoms with E-state index in [0.717, 1.165) is 19.3 Å². The van der Waals surface area contributed by atoms with Gasteiger partial charge in [0.25, 0.3) is 0 Å². The van der Waals surface area contributed by atoms with Crippen LogP contribution in [-0.2, 0) is 9.08 Å². The third-order valence-electron chi connectivity index (χ3n) is 2.31. The van der Waals surface area contributed by atoms with Crippen LogP contribution < -0.4 is 0 Å². The molecule has 1 unspecified atom stereocenters. The smallest absolute Gasteiger partial charge is 0.327 e. The van der Waals surface area contributed by atoms with Crippen molar-refractivity contribution in [3.05, 3.63) is 0 Å². The van der Waals surface area contributed by atoms with Crippen LogP contribution in [0.3, 0.4) is 0 Å². The molecular weight excluding hydrogens is 188 g/mol. The number of carbonyl (C=O) groups excluding carboxylic acids is 1. The van der Waals surface area contributed by atoms with Gasteiger partial charge in [-0.05, 0) is 12.8 Å². The molecule has 0 radical (unpaired) electrons. The summed E-state index contributed by atoms with van der Waals surface area (Å²) in [5.41, 5.74) is 0. The molecule has 2 nitrogen and oxygen atoms in total. The molecule has 0 aliphatic heterocycles. The predicted molar refractivity (Wildman–Crippen MR) is 54.5 cm³/mol. The average molecular weight is 207 g/mol. The fraction of sp³-hybridized carbons (Fsp3) is 0.900. The van der Waals surface area contributed by atoms with Crippen molar-refractivity contribution in [1.29, 1.82) is 0 Å². The van der Waals surface area contributed by atoms with Gasteiger partial charge in [0.2, 0.25) is 0 Å². The largest absolute Gasteiger partial charge is 0.347 e. The van der Waals surface area contributed by atoms with Gasteiger partial charge in [-0.2, -0.15) is 0 Å².